The van der Waals surface area contributed by atoms with Crippen LogP contribution in [0.4, 0.5) is 17.6 Å². The molecule has 0 fully saturated rings. The molecule has 0 saturated heterocycles. The van der Waals surface area contributed by atoms with E-state index in [1.807, 2.05) is 0 Å². The average molecular weight is 298 g/mol. The van der Waals surface area contributed by atoms with Gasteiger partial charge < -0.3 is 5.73 Å². The Hall–Kier alpha value is -1.11. The Morgan fingerprint density at radius 3 is 2.06 bits per heavy atom. The number of thiophene rings is 1. The van der Waals surface area contributed by atoms with Crippen LogP contribution in [0.1, 0.15) is 16.5 Å². The quantitative estimate of drug-likeness (QED) is 0.662. The average Bonchev–Trinajstić information content (AvgIpc) is 2.80. The van der Waals surface area contributed by atoms with Crippen molar-refractivity contribution >= 4 is 23.7 Å². The standard InChI is InChI=1S/C11H7F4NS.ClH/c12-5-4-6(13)10(15)8(9(5)14)11(16)7-2-1-3-17-7;/h1-4,11H,16H2;1H/t11-;/m1./s1. The topological polar surface area (TPSA) is 26.0 Å². The Bertz CT molecular complexity index is 518. The van der Waals surface area contributed by atoms with Crippen LogP contribution in [0.25, 0.3) is 0 Å². The molecule has 1 heterocycles. The molecule has 18 heavy (non-hydrogen) atoms. The van der Waals surface area contributed by atoms with Gasteiger partial charge in [-0.15, -0.1) is 23.7 Å². The number of halogens is 5. The Morgan fingerprint density at radius 1 is 1.06 bits per heavy atom. The van der Waals surface area contributed by atoms with Crippen molar-refractivity contribution in [2.75, 3.05) is 0 Å². The number of benzene rings is 1. The van der Waals surface area contributed by atoms with E-state index in [2.05, 4.69) is 0 Å². The molecule has 0 aliphatic carbocycles. The van der Waals surface area contributed by atoms with Crippen molar-refractivity contribution in [1.29, 1.82) is 0 Å². The molecule has 0 aliphatic heterocycles. The minimum atomic E-state index is -1.45. The lowest BCUT2D eigenvalue weighted by Crippen LogP contribution is -2.16. The van der Waals surface area contributed by atoms with Crippen molar-refractivity contribution < 1.29 is 17.6 Å². The second-order valence-electron chi connectivity index (χ2n) is 3.37. The van der Waals surface area contributed by atoms with Crippen LogP contribution in [0.2, 0.25) is 0 Å². The zero-order valence-corrected chi connectivity index (χ0v) is 10.4. The highest BCUT2D eigenvalue weighted by molar-refractivity contribution is 7.10. The van der Waals surface area contributed by atoms with E-state index in [0.717, 1.165) is 11.3 Å². The fourth-order valence-corrected chi connectivity index (χ4v) is 2.21. The summed E-state index contributed by atoms with van der Waals surface area (Å²) in [5.74, 6) is -5.81. The summed E-state index contributed by atoms with van der Waals surface area (Å²) in [6.07, 6.45) is 0. The molecule has 0 saturated carbocycles. The smallest absolute Gasteiger partial charge is 0.167 e. The maximum Gasteiger partial charge on any atom is 0.167 e. The van der Waals surface area contributed by atoms with Crippen molar-refractivity contribution in [1.82, 2.24) is 0 Å². The van der Waals surface area contributed by atoms with E-state index >= 15 is 0 Å². The predicted molar refractivity (Wildman–Crippen MR) is 63.9 cm³/mol. The lowest BCUT2D eigenvalue weighted by atomic mass is 10.0. The van der Waals surface area contributed by atoms with Crippen molar-refractivity contribution in [2.45, 2.75) is 6.04 Å². The lowest BCUT2D eigenvalue weighted by molar-refractivity contribution is 0.434. The van der Waals surface area contributed by atoms with Crippen LogP contribution in [0.5, 0.6) is 0 Å². The third-order valence-electron chi connectivity index (χ3n) is 2.31. The van der Waals surface area contributed by atoms with Gasteiger partial charge >= 0.3 is 0 Å². The molecule has 98 valence electrons. The van der Waals surface area contributed by atoms with Crippen LogP contribution in [0.15, 0.2) is 23.6 Å². The van der Waals surface area contributed by atoms with E-state index in [0.29, 0.717) is 4.88 Å². The highest BCUT2D eigenvalue weighted by Crippen LogP contribution is 2.30. The van der Waals surface area contributed by atoms with Gasteiger partial charge in [0.25, 0.3) is 0 Å². The molecule has 0 aliphatic rings. The zero-order valence-electron chi connectivity index (χ0n) is 8.79. The fourth-order valence-electron chi connectivity index (χ4n) is 1.48. The molecule has 0 amide bonds. The largest absolute Gasteiger partial charge is 0.319 e. The Morgan fingerprint density at radius 2 is 1.61 bits per heavy atom. The van der Waals surface area contributed by atoms with Crippen molar-refractivity contribution in [2.24, 2.45) is 5.73 Å². The Labute approximate surface area is 111 Å². The van der Waals surface area contributed by atoms with E-state index in [1.54, 1.807) is 11.4 Å². The molecule has 1 atom stereocenters. The van der Waals surface area contributed by atoms with Crippen LogP contribution in [-0.4, -0.2) is 0 Å². The Balaban J connectivity index is 0.00000162. The zero-order chi connectivity index (χ0) is 12.6. The first kappa shape index (κ1) is 14.9. The molecule has 0 bridgehead atoms. The van der Waals surface area contributed by atoms with Gasteiger partial charge in [-0.25, -0.2) is 17.6 Å². The number of hydrogen-bond acceptors (Lipinski definition) is 2. The van der Waals surface area contributed by atoms with Gasteiger partial charge in [0.2, 0.25) is 0 Å². The highest BCUT2D eigenvalue weighted by atomic mass is 35.5. The van der Waals surface area contributed by atoms with Gasteiger partial charge in [0.1, 0.15) is 0 Å². The van der Waals surface area contributed by atoms with E-state index in [9.17, 15) is 17.6 Å². The van der Waals surface area contributed by atoms with Gasteiger partial charge in [-0.1, -0.05) is 6.07 Å². The number of rotatable bonds is 2. The van der Waals surface area contributed by atoms with Gasteiger partial charge in [-0.05, 0) is 11.4 Å². The molecule has 1 aromatic heterocycles. The predicted octanol–water partition coefficient (Wildman–Crippen LogP) is 3.77. The van der Waals surface area contributed by atoms with Gasteiger partial charge in [-0.2, -0.15) is 0 Å². The first-order chi connectivity index (χ1) is 8.02. The van der Waals surface area contributed by atoms with E-state index < -0.39 is 34.9 Å². The van der Waals surface area contributed by atoms with Crippen LogP contribution in [0.3, 0.4) is 0 Å². The molecular formula is C11H8ClF4NS. The van der Waals surface area contributed by atoms with Crippen LogP contribution < -0.4 is 5.73 Å². The number of nitrogens with two attached hydrogens (primary N) is 1. The molecule has 1 aromatic carbocycles. The van der Waals surface area contributed by atoms with Crippen LogP contribution in [-0.2, 0) is 0 Å². The highest BCUT2D eigenvalue weighted by Gasteiger charge is 2.25. The van der Waals surface area contributed by atoms with Crippen LogP contribution in [0, 0.1) is 23.3 Å². The van der Waals surface area contributed by atoms with Gasteiger partial charge in [0.15, 0.2) is 23.3 Å². The van der Waals surface area contributed by atoms with Crippen molar-refractivity contribution in [3.8, 4) is 0 Å². The summed E-state index contributed by atoms with van der Waals surface area (Å²) >= 11 is 1.15. The molecule has 1 nitrogen and oxygen atoms in total. The first-order valence-corrected chi connectivity index (χ1v) is 5.52. The monoisotopic (exact) mass is 297 g/mol. The summed E-state index contributed by atoms with van der Waals surface area (Å²) in [4.78, 5) is 0.424. The minimum absolute atomic E-state index is 0. The second kappa shape index (κ2) is 5.69. The first-order valence-electron chi connectivity index (χ1n) is 4.64. The van der Waals surface area contributed by atoms with Crippen molar-refractivity contribution in [3.63, 3.8) is 0 Å². The summed E-state index contributed by atoms with van der Waals surface area (Å²) in [6.45, 7) is 0. The molecule has 7 heteroatoms. The summed E-state index contributed by atoms with van der Waals surface area (Å²) in [7, 11) is 0. The third kappa shape index (κ3) is 2.50. The maximum absolute atomic E-state index is 13.4. The number of hydrogen-bond donors (Lipinski definition) is 1. The summed E-state index contributed by atoms with van der Waals surface area (Å²) in [6, 6.07) is 2.11. The van der Waals surface area contributed by atoms with Crippen LogP contribution >= 0.6 is 23.7 Å². The normalized spacial score (nSPS) is 12.1. The third-order valence-corrected chi connectivity index (χ3v) is 3.26. The maximum atomic E-state index is 13.4. The molecule has 0 spiro atoms. The fraction of sp³-hybridized carbons (Fsp3) is 0.0909. The molecule has 0 unspecified atom stereocenters. The van der Waals surface area contributed by atoms with E-state index in [4.69, 9.17) is 5.73 Å². The summed E-state index contributed by atoms with van der Waals surface area (Å²) < 4.78 is 52.8. The Kier molecular flexibility index (Phi) is 4.72. The van der Waals surface area contributed by atoms with Crippen molar-refractivity contribution in [3.05, 3.63) is 57.3 Å². The van der Waals surface area contributed by atoms with Gasteiger partial charge in [0.05, 0.1) is 11.6 Å². The van der Waals surface area contributed by atoms with Gasteiger partial charge in [-0.3, -0.25) is 0 Å². The van der Waals surface area contributed by atoms with E-state index in [1.165, 1.54) is 6.07 Å². The molecule has 2 N–H and O–H groups in total. The molecule has 2 rings (SSSR count). The minimum Gasteiger partial charge on any atom is -0.319 e. The van der Waals surface area contributed by atoms with Gasteiger partial charge in [0, 0.05) is 10.9 Å². The molecule has 0 radical (unpaired) electrons. The van der Waals surface area contributed by atoms with E-state index in [-0.39, 0.29) is 18.5 Å². The lowest BCUT2D eigenvalue weighted by Gasteiger charge is -2.13. The second-order valence-corrected chi connectivity index (χ2v) is 4.35. The summed E-state index contributed by atoms with van der Waals surface area (Å²) in [5, 5.41) is 1.65. The molecule has 2 aromatic rings. The summed E-state index contributed by atoms with van der Waals surface area (Å²) in [5.41, 5.74) is 4.81. The SMILES string of the molecule is Cl.N[C@H](c1cccs1)c1c(F)c(F)cc(F)c1F. The molecular weight excluding hydrogens is 290 g/mol.